The lowest BCUT2D eigenvalue weighted by molar-refractivity contribution is 0.246. The van der Waals surface area contributed by atoms with Crippen LogP contribution in [0.2, 0.25) is 19.6 Å². The van der Waals surface area contributed by atoms with Crippen molar-refractivity contribution in [1.29, 1.82) is 0 Å². The SMILES string of the molecule is CC1=C(N(C)c2ccccc2)C[C@@H](c2ccco2)N[C@@H]1CO[Si](C)(C)C. The van der Waals surface area contributed by atoms with Crippen LogP contribution >= 0.6 is 0 Å². The van der Waals surface area contributed by atoms with Gasteiger partial charge in [-0.15, -0.1) is 0 Å². The van der Waals surface area contributed by atoms with Gasteiger partial charge >= 0.3 is 0 Å². The number of nitrogens with zero attached hydrogens (tertiary/aromatic N) is 1. The van der Waals surface area contributed by atoms with Gasteiger partial charge in [0.15, 0.2) is 8.32 Å². The normalized spacial score (nSPS) is 21.1. The van der Waals surface area contributed by atoms with Crippen molar-refractivity contribution in [1.82, 2.24) is 5.32 Å². The lowest BCUT2D eigenvalue weighted by Crippen LogP contribution is -2.45. The molecule has 1 aliphatic heterocycles. The maximum absolute atomic E-state index is 6.23. The highest BCUT2D eigenvalue weighted by Crippen LogP contribution is 2.34. The number of anilines is 1. The average Bonchev–Trinajstić information content (AvgIpc) is 3.15. The average molecular weight is 371 g/mol. The first-order chi connectivity index (χ1) is 12.3. The number of rotatable bonds is 6. The van der Waals surface area contributed by atoms with Crippen LogP contribution in [0.4, 0.5) is 5.69 Å². The fourth-order valence-electron chi connectivity index (χ4n) is 3.37. The quantitative estimate of drug-likeness (QED) is 0.731. The van der Waals surface area contributed by atoms with E-state index < -0.39 is 8.32 Å². The van der Waals surface area contributed by atoms with E-state index in [4.69, 9.17) is 8.84 Å². The maximum atomic E-state index is 6.23. The third-order valence-electron chi connectivity index (χ3n) is 4.90. The summed E-state index contributed by atoms with van der Waals surface area (Å²) in [6.07, 6.45) is 2.64. The molecule has 1 N–H and O–H groups in total. The molecule has 0 bridgehead atoms. The molecule has 0 fully saturated rings. The highest BCUT2D eigenvalue weighted by molar-refractivity contribution is 6.69. The standard InChI is InChI=1S/C21H30N2O2Si/c1-16-19(15-25-26(3,4)5)22-18(21-12-9-13-24-21)14-20(16)23(2)17-10-7-6-8-11-17/h6-13,18-19,22H,14-15H2,1-5H3/t18-,19+/m0/s1. The second kappa shape index (κ2) is 7.82. The van der Waals surface area contributed by atoms with Gasteiger partial charge in [-0.1, -0.05) is 18.2 Å². The van der Waals surface area contributed by atoms with E-state index in [1.807, 2.05) is 6.07 Å². The Hall–Kier alpha value is -1.82. The van der Waals surface area contributed by atoms with Crippen LogP contribution in [0.25, 0.3) is 0 Å². The summed E-state index contributed by atoms with van der Waals surface area (Å²) >= 11 is 0. The minimum atomic E-state index is -1.57. The summed E-state index contributed by atoms with van der Waals surface area (Å²) in [5, 5.41) is 3.73. The van der Waals surface area contributed by atoms with Crippen LogP contribution in [0.5, 0.6) is 0 Å². The van der Waals surface area contributed by atoms with Gasteiger partial charge in [-0.3, -0.25) is 5.32 Å². The molecule has 0 radical (unpaired) electrons. The zero-order chi connectivity index (χ0) is 18.7. The summed E-state index contributed by atoms with van der Waals surface area (Å²) < 4.78 is 11.9. The molecule has 0 unspecified atom stereocenters. The molecule has 0 spiro atoms. The Kier molecular flexibility index (Phi) is 5.70. The van der Waals surface area contributed by atoms with Gasteiger partial charge in [0.05, 0.1) is 25.0 Å². The first kappa shape index (κ1) is 19.0. The van der Waals surface area contributed by atoms with Crippen LogP contribution in [0.15, 0.2) is 64.4 Å². The Labute approximate surface area is 158 Å². The number of para-hydroxylation sites is 1. The van der Waals surface area contributed by atoms with Crippen molar-refractivity contribution in [3.8, 4) is 0 Å². The number of benzene rings is 1. The van der Waals surface area contributed by atoms with E-state index in [0.29, 0.717) is 6.61 Å². The fourth-order valence-corrected chi connectivity index (χ4v) is 4.04. The molecule has 140 valence electrons. The molecule has 0 saturated heterocycles. The molecule has 2 heterocycles. The smallest absolute Gasteiger partial charge is 0.183 e. The molecule has 1 aromatic carbocycles. The summed E-state index contributed by atoms with van der Waals surface area (Å²) in [6, 6.07) is 14.9. The van der Waals surface area contributed by atoms with Crippen LogP contribution in [0, 0.1) is 0 Å². The van der Waals surface area contributed by atoms with Crippen molar-refractivity contribution in [3.05, 3.63) is 65.8 Å². The van der Waals surface area contributed by atoms with E-state index in [0.717, 1.165) is 12.2 Å². The van der Waals surface area contributed by atoms with Gasteiger partial charge in [-0.25, -0.2) is 0 Å². The second-order valence-electron chi connectivity index (χ2n) is 7.94. The second-order valence-corrected chi connectivity index (χ2v) is 12.5. The number of furan rings is 1. The lowest BCUT2D eigenvalue weighted by Gasteiger charge is -2.38. The molecule has 5 heteroatoms. The van der Waals surface area contributed by atoms with Crippen molar-refractivity contribution < 1.29 is 8.84 Å². The lowest BCUT2D eigenvalue weighted by atomic mass is 9.93. The van der Waals surface area contributed by atoms with Crippen LogP contribution in [0.3, 0.4) is 0 Å². The maximum Gasteiger partial charge on any atom is 0.183 e. The van der Waals surface area contributed by atoms with Crippen molar-refractivity contribution in [2.75, 3.05) is 18.6 Å². The topological polar surface area (TPSA) is 37.6 Å². The number of hydrogen-bond acceptors (Lipinski definition) is 4. The van der Waals surface area contributed by atoms with Crippen molar-refractivity contribution in [2.24, 2.45) is 0 Å². The predicted octanol–water partition coefficient (Wildman–Crippen LogP) is 4.94. The Morgan fingerprint density at radius 1 is 1.15 bits per heavy atom. The predicted molar refractivity (Wildman–Crippen MR) is 110 cm³/mol. The fraction of sp³-hybridized carbons (Fsp3) is 0.429. The molecular formula is C21H30N2O2Si. The molecule has 2 aromatic rings. The zero-order valence-corrected chi connectivity index (χ0v) is 17.5. The molecule has 1 aromatic heterocycles. The van der Waals surface area contributed by atoms with Gasteiger partial charge in [0.1, 0.15) is 5.76 Å². The molecule has 0 aliphatic carbocycles. The molecule has 2 atom stereocenters. The summed E-state index contributed by atoms with van der Waals surface area (Å²) in [6.45, 7) is 9.62. The van der Waals surface area contributed by atoms with E-state index in [2.05, 4.69) is 80.2 Å². The third-order valence-corrected chi connectivity index (χ3v) is 5.93. The van der Waals surface area contributed by atoms with Crippen molar-refractivity contribution >= 4 is 14.0 Å². The van der Waals surface area contributed by atoms with E-state index in [1.54, 1.807) is 6.26 Å². The van der Waals surface area contributed by atoms with E-state index in [9.17, 15) is 0 Å². The van der Waals surface area contributed by atoms with Gasteiger partial charge < -0.3 is 13.7 Å². The minimum Gasteiger partial charge on any atom is -0.468 e. The Morgan fingerprint density at radius 3 is 2.50 bits per heavy atom. The van der Waals surface area contributed by atoms with Gasteiger partial charge in [-0.05, 0) is 56.4 Å². The van der Waals surface area contributed by atoms with E-state index in [-0.39, 0.29) is 12.1 Å². The highest BCUT2D eigenvalue weighted by Gasteiger charge is 2.31. The van der Waals surface area contributed by atoms with E-state index in [1.165, 1.54) is 17.0 Å². The molecule has 0 saturated carbocycles. The van der Waals surface area contributed by atoms with Crippen LogP contribution in [-0.2, 0) is 4.43 Å². The van der Waals surface area contributed by atoms with Crippen molar-refractivity contribution in [3.63, 3.8) is 0 Å². The first-order valence-corrected chi connectivity index (χ1v) is 12.7. The van der Waals surface area contributed by atoms with Crippen LogP contribution in [-0.4, -0.2) is 28.0 Å². The van der Waals surface area contributed by atoms with E-state index >= 15 is 0 Å². The Morgan fingerprint density at radius 2 is 1.88 bits per heavy atom. The largest absolute Gasteiger partial charge is 0.468 e. The number of nitrogens with one attached hydrogen (secondary N) is 1. The molecule has 4 nitrogen and oxygen atoms in total. The molecule has 3 rings (SSSR count). The summed E-state index contributed by atoms with van der Waals surface area (Å²) in [5.74, 6) is 0.981. The van der Waals surface area contributed by atoms with Gasteiger partial charge in [0, 0.05) is 24.9 Å². The third kappa shape index (κ3) is 4.47. The Bertz CT molecular complexity index is 735. The summed E-state index contributed by atoms with van der Waals surface area (Å²) in [7, 11) is 0.576. The van der Waals surface area contributed by atoms with Crippen LogP contribution in [0.1, 0.15) is 25.1 Å². The van der Waals surface area contributed by atoms with Crippen LogP contribution < -0.4 is 10.2 Å². The van der Waals surface area contributed by atoms with Gasteiger partial charge in [0.25, 0.3) is 0 Å². The van der Waals surface area contributed by atoms with Gasteiger partial charge in [-0.2, -0.15) is 0 Å². The number of hydrogen-bond donors (Lipinski definition) is 1. The minimum absolute atomic E-state index is 0.157. The summed E-state index contributed by atoms with van der Waals surface area (Å²) in [4.78, 5) is 2.30. The molecule has 26 heavy (non-hydrogen) atoms. The first-order valence-electron chi connectivity index (χ1n) is 9.27. The molecule has 1 aliphatic rings. The molecule has 0 amide bonds. The van der Waals surface area contributed by atoms with Gasteiger partial charge in [0.2, 0.25) is 0 Å². The molecular weight excluding hydrogens is 340 g/mol. The van der Waals surface area contributed by atoms with Crippen molar-refractivity contribution in [2.45, 2.75) is 45.1 Å². The zero-order valence-electron chi connectivity index (χ0n) is 16.5. The monoisotopic (exact) mass is 370 g/mol. The highest BCUT2D eigenvalue weighted by atomic mass is 28.4. The summed E-state index contributed by atoms with van der Waals surface area (Å²) in [5.41, 5.74) is 3.88. The Balaban J connectivity index is 1.89.